The zero-order valence-corrected chi connectivity index (χ0v) is 22.7. The second-order valence-corrected chi connectivity index (χ2v) is 13.3. The Morgan fingerprint density at radius 1 is 1.20 bits per heavy atom. The Balaban J connectivity index is 1.59. The molecule has 0 amide bonds. The van der Waals surface area contributed by atoms with E-state index < -0.39 is 10.0 Å². The van der Waals surface area contributed by atoms with Crippen LogP contribution in [0.1, 0.15) is 37.9 Å². The summed E-state index contributed by atoms with van der Waals surface area (Å²) in [6, 6.07) is 10.2. The van der Waals surface area contributed by atoms with E-state index in [0.717, 1.165) is 54.5 Å². The fourth-order valence-electron chi connectivity index (χ4n) is 4.90. The van der Waals surface area contributed by atoms with E-state index in [9.17, 15) is 13.5 Å². The highest BCUT2D eigenvalue weighted by Gasteiger charge is 2.39. The van der Waals surface area contributed by atoms with Crippen molar-refractivity contribution in [1.29, 1.82) is 0 Å². The van der Waals surface area contributed by atoms with Crippen LogP contribution in [0.4, 0.5) is 11.8 Å². The minimum absolute atomic E-state index is 0.0492. The summed E-state index contributed by atoms with van der Waals surface area (Å²) in [5.74, 6) is 2.79. The minimum atomic E-state index is -3.28. The van der Waals surface area contributed by atoms with E-state index >= 15 is 0 Å². The maximum Gasteiger partial charge on any atom is 0.227 e. The third kappa shape index (κ3) is 5.76. The monoisotopic (exact) mass is 519 g/mol. The van der Waals surface area contributed by atoms with Gasteiger partial charge in [0.2, 0.25) is 16.0 Å². The molecular formula is C25H37N5O3S2. The number of thioether (sulfide) groups is 1. The number of anilines is 2. The number of rotatable bonds is 9. The number of benzene rings is 1. The first-order valence-electron chi connectivity index (χ1n) is 12.3. The van der Waals surface area contributed by atoms with Gasteiger partial charge < -0.3 is 15.3 Å². The van der Waals surface area contributed by atoms with Crippen molar-refractivity contribution >= 4 is 33.6 Å². The molecule has 0 saturated carbocycles. The highest BCUT2D eigenvalue weighted by molar-refractivity contribution is 7.99. The van der Waals surface area contributed by atoms with E-state index in [-0.39, 0.29) is 24.0 Å². The summed E-state index contributed by atoms with van der Waals surface area (Å²) in [7, 11) is -1.62. The molecule has 0 spiro atoms. The van der Waals surface area contributed by atoms with Crippen molar-refractivity contribution in [2.75, 3.05) is 55.5 Å². The van der Waals surface area contributed by atoms with Crippen LogP contribution < -0.4 is 10.2 Å². The lowest BCUT2D eigenvalue weighted by Gasteiger charge is -2.44. The Kier molecular flexibility index (Phi) is 7.95. The standard InChI is InChI=1S/C25H37N5O3S2/c1-18(2)21(16-31)26-23-22-20(10-15-34-22)27-24(28-23)30-13-11-25(12-14-30,17-29(3)35(4,32)33)19-8-6-5-7-9-19/h5-9,18,21,31H,10-17H2,1-4H3,(H,26,27,28)/t21-/m0/s1. The summed E-state index contributed by atoms with van der Waals surface area (Å²) < 4.78 is 26.0. The topological polar surface area (TPSA) is 98.7 Å². The largest absolute Gasteiger partial charge is 0.394 e. The van der Waals surface area contributed by atoms with Gasteiger partial charge in [-0.2, -0.15) is 4.98 Å². The van der Waals surface area contributed by atoms with Gasteiger partial charge in [-0.1, -0.05) is 44.2 Å². The van der Waals surface area contributed by atoms with Crippen LogP contribution in [0.2, 0.25) is 0 Å². The number of hydrogen-bond acceptors (Lipinski definition) is 8. The molecule has 0 bridgehead atoms. The van der Waals surface area contributed by atoms with Crippen molar-refractivity contribution in [3.05, 3.63) is 41.6 Å². The Morgan fingerprint density at radius 3 is 2.49 bits per heavy atom. The van der Waals surface area contributed by atoms with Crippen LogP contribution in [0.3, 0.4) is 0 Å². The smallest absolute Gasteiger partial charge is 0.227 e. The normalized spacial score (nSPS) is 18.7. The van der Waals surface area contributed by atoms with Crippen LogP contribution in [0.25, 0.3) is 0 Å². The number of fused-ring (bicyclic) bond motifs is 1. The molecule has 3 heterocycles. The van der Waals surface area contributed by atoms with Gasteiger partial charge >= 0.3 is 0 Å². The molecule has 2 aromatic rings. The first kappa shape index (κ1) is 26.2. The Hall–Kier alpha value is -1.88. The number of likely N-dealkylation sites (N-methyl/N-ethyl adjacent to an activating group) is 1. The molecule has 1 atom stereocenters. The maximum atomic E-state index is 12.2. The quantitative estimate of drug-likeness (QED) is 0.522. The molecule has 1 aromatic carbocycles. The Labute approximate surface area is 213 Å². The van der Waals surface area contributed by atoms with E-state index in [1.165, 1.54) is 16.1 Å². The van der Waals surface area contributed by atoms with Gasteiger partial charge in [-0.05, 0) is 24.3 Å². The zero-order valence-electron chi connectivity index (χ0n) is 21.1. The molecule has 1 saturated heterocycles. The summed E-state index contributed by atoms with van der Waals surface area (Å²) in [4.78, 5) is 13.2. The number of hydrogen-bond donors (Lipinski definition) is 2. The molecule has 2 aliphatic rings. The van der Waals surface area contributed by atoms with E-state index in [2.05, 4.69) is 36.2 Å². The third-order valence-corrected chi connectivity index (χ3v) is 9.70. The number of aliphatic hydroxyl groups excluding tert-OH is 1. The minimum Gasteiger partial charge on any atom is -0.394 e. The molecule has 1 aromatic heterocycles. The number of nitrogens with one attached hydrogen (secondary N) is 1. The predicted molar refractivity (Wildman–Crippen MR) is 143 cm³/mol. The summed E-state index contributed by atoms with van der Waals surface area (Å²) in [6.45, 7) is 6.16. The van der Waals surface area contributed by atoms with Crippen molar-refractivity contribution in [1.82, 2.24) is 14.3 Å². The number of piperidine rings is 1. The molecule has 4 rings (SSSR count). The molecule has 0 radical (unpaired) electrons. The highest BCUT2D eigenvalue weighted by Crippen LogP contribution is 2.40. The van der Waals surface area contributed by atoms with Gasteiger partial charge in [0.05, 0.1) is 29.5 Å². The first-order chi connectivity index (χ1) is 16.6. The van der Waals surface area contributed by atoms with Gasteiger partial charge in [0.15, 0.2) is 0 Å². The van der Waals surface area contributed by atoms with Gasteiger partial charge in [0.25, 0.3) is 0 Å². The molecule has 192 valence electrons. The molecule has 35 heavy (non-hydrogen) atoms. The molecule has 10 heteroatoms. The average Bonchev–Trinajstić information content (AvgIpc) is 3.31. The molecule has 2 aliphatic heterocycles. The van der Waals surface area contributed by atoms with Crippen LogP contribution >= 0.6 is 11.8 Å². The zero-order chi connectivity index (χ0) is 25.2. The van der Waals surface area contributed by atoms with Crippen LogP contribution in [0, 0.1) is 5.92 Å². The molecule has 0 unspecified atom stereocenters. The van der Waals surface area contributed by atoms with Crippen LogP contribution in [0.5, 0.6) is 0 Å². The van der Waals surface area contributed by atoms with Crippen molar-refractivity contribution < 1.29 is 13.5 Å². The van der Waals surface area contributed by atoms with Gasteiger partial charge in [0.1, 0.15) is 5.82 Å². The number of aromatic nitrogens is 2. The lowest BCUT2D eigenvalue weighted by Crippen LogP contribution is -2.49. The highest BCUT2D eigenvalue weighted by atomic mass is 32.2. The number of nitrogens with zero attached hydrogens (tertiary/aromatic N) is 4. The van der Waals surface area contributed by atoms with Crippen LogP contribution in [-0.2, 0) is 21.9 Å². The second-order valence-electron chi connectivity index (χ2n) is 10.1. The van der Waals surface area contributed by atoms with E-state index in [0.29, 0.717) is 12.5 Å². The van der Waals surface area contributed by atoms with Gasteiger partial charge in [-0.3, -0.25) is 0 Å². The first-order valence-corrected chi connectivity index (χ1v) is 15.1. The maximum absolute atomic E-state index is 12.2. The van der Waals surface area contributed by atoms with Gasteiger partial charge in [0, 0.05) is 44.3 Å². The van der Waals surface area contributed by atoms with Crippen LogP contribution in [0.15, 0.2) is 35.2 Å². The number of aryl methyl sites for hydroxylation is 1. The van der Waals surface area contributed by atoms with Gasteiger partial charge in [-0.15, -0.1) is 11.8 Å². The van der Waals surface area contributed by atoms with Crippen molar-refractivity contribution in [3.8, 4) is 0 Å². The lowest BCUT2D eigenvalue weighted by atomic mass is 9.72. The molecule has 1 fully saturated rings. The number of aliphatic hydroxyl groups is 1. The molecule has 8 nitrogen and oxygen atoms in total. The van der Waals surface area contributed by atoms with Crippen molar-refractivity contribution in [2.45, 2.75) is 49.5 Å². The van der Waals surface area contributed by atoms with E-state index in [1.54, 1.807) is 18.8 Å². The van der Waals surface area contributed by atoms with E-state index in [4.69, 9.17) is 9.97 Å². The summed E-state index contributed by atoms with van der Waals surface area (Å²) >= 11 is 1.77. The molecule has 0 aliphatic carbocycles. The third-order valence-electron chi connectivity index (χ3n) is 7.31. The average molecular weight is 520 g/mol. The SMILES string of the molecule is CC(C)[C@H](CO)Nc1nc(N2CCC(CN(C)S(C)(=O)=O)(c3ccccc3)CC2)nc2c1SCC2. The Bertz CT molecular complexity index is 1120. The number of sulfonamides is 1. The van der Waals surface area contributed by atoms with E-state index in [1.807, 2.05) is 18.2 Å². The Morgan fingerprint density at radius 2 is 1.89 bits per heavy atom. The van der Waals surface area contributed by atoms with Crippen molar-refractivity contribution in [2.24, 2.45) is 5.92 Å². The lowest BCUT2D eigenvalue weighted by molar-refractivity contribution is 0.248. The van der Waals surface area contributed by atoms with Crippen LogP contribution in [-0.4, -0.2) is 79.1 Å². The molecule has 2 N–H and O–H groups in total. The fourth-order valence-corrected chi connectivity index (χ4v) is 6.44. The van der Waals surface area contributed by atoms with Gasteiger partial charge in [-0.25, -0.2) is 17.7 Å². The summed E-state index contributed by atoms with van der Waals surface area (Å²) in [5.41, 5.74) is 1.98. The second kappa shape index (κ2) is 10.6. The fraction of sp³-hybridized carbons (Fsp3) is 0.600. The molecular weight excluding hydrogens is 482 g/mol. The summed E-state index contributed by atoms with van der Waals surface area (Å²) in [6.07, 6.45) is 3.79. The summed E-state index contributed by atoms with van der Waals surface area (Å²) in [5, 5.41) is 13.3. The predicted octanol–water partition coefficient (Wildman–Crippen LogP) is 2.98. The van der Waals surface area contributed by atoms with Crippen molar-refractivity contribution in [3.63, 3.8) is 0 Å².